The Kier molecular flexibility index (Phi) is 6.01. The Morgan fingerprint density at radius 1 is 0.971 bits per heavy atom. The first-order chi connectivity index (χ1) is 16.5. The van der Waals surface area contributed by atoms with E-state index in [0.717, 1.165) is 29.3 Å². The summed E-state index contributed by atoms with van der Waals surface area (Å²) in [5, 5.41) is 6.70. The highest BCUT2D eigenvalue weighted by molar-refractivity contribution is 5.86. The van der Waals surface area contributed by atoms with Crippen LogP contribution in [0.1, 0.15) is 36.8 Å². The zero-order valence-electron chi connectivity index (χ0n) is 19.5. The summed E-state index contributed by atoms with van der Waals surface area (Å²) < 4.78 is 0. The molecule has 34 heavy (non-hydrogen) atoms. The van der Waals surface area contributed by atoms with Gasteiger partial charge in [0.1, 0.15) is 0 Å². The minimum atomic E-state index is -0.388. The van der Waals surface area contributed by atoms with Gasteiger partial charge in [0.15, 0.2) is 0 Å². The van der Waals surface area contributed by atoms with Gasteiger partial charge in [0.2, 0.25) is 11.8 Å². The minimum Gasteiger partial charge on any atom is -0.350 e. The smallest absolute Gasteiger partial charge is 0.222 e. The van der Waals surface area contributed by atoms with E-state index in [4.69, 9.17) is 0 Å². The van der Waals surface area contributed by atoms with E-state index in [2.05, 4.69) is 40.6 Å². The van der Waals surface area contributed by atoms with Crippen LogP contribution in [-0.4, -0.2) is 34.3 Å². The predicted molar refractivity (Wildman–Crippen MR) is 135 cm³/mol. The molecule has 1 aliphatic rings. The third kappa shape index (κ3) is 4.51. The standard InChI is InChI=1S/C29H29N3O2/c1-32(20-23-10-5-13-26-25(23)12-6-18-30-26)28(34)15-17-29(16-14-27(33)31-29)19-22-9-4-8-21-7-2-3-11-24(21)22/h2-13,18H,14-17,19-20H2,1H3,(H,31,33). The topological polar surface area (TPSA) is 62.3 Å². The molecule has 172 valence electrons. The monoisotopic (exact) mass is 451 g/mol. The molecule has 1 saturated heterocycles. The highest BCUT2D eigenvalue weighted by Crippen LogP contribution is 2.32. The number of benzene rings is 3. The minimum absolute atomic E-state index is 0.0734. The molecular weight excluding hydrogens is 422 g/mol. The zero-order chi connectivity index (χ0) is 23.5. The second-order valence-corrected chi connectivity index (χ2v) is 9.38. The number of carbonyl (C=O) groups excluding carboxylic acids is 2. The van der Waals surface area contributed by atoms with Crippen molar-refractivity contribution < 1.29 is 9.59 Å². The Morgan fingerprint density at radius 2 is 1.74 bits per heavy atom. The van der Waals surface area contributed by atoms with Crippen molar-refractivity contribution in [1.82, 2.24) is 15.2 Å². The number of carbonyl (C=O) groups is 2. The Balaban J connectivity index is 1.31. The molecule has 0 saturated carbocycles. The summed E-state index contributed by atoms with van der Waals surface area (Å²) in [6.07, 6.45) is 4.80. The summed E-state index contributed by atoms with van der Waals surface area (Å²) in [5.41, 5.74) is 2.84. The van der Waals surface area contributed by atoms with Crippen LogP contribution >= 0.6 is 0 Å². The van der Waals surface area contributed by atoms with Crippen LogP contribution in [0.25, 0.3) is 21.7 Å². The summed E-state index contributed by atoms with van der Waals surface area (Å²) in [5.74, 6) is 0.156. The lowest BCUT2D eigenvalue weighted by molar-refractivity contribution is -0.131. The summed E-state index contributed by atoms with van der Waals surface area (Å²) in [4.78, 5) is 31.6. The highest BCUT2D eigenvalue weighted by atomic mass is 16.2. The van der Waals surface area contributed by atoms with Gasteiger partial charge in [-0.2, -0.15) is 0 Å². The maximum absolute atomic E-state index is 13.1. The van der Waals surface area contributed by atoms with Gasteiger partial charge in [-0.05, 0) is 53.3 Å². The van der Waals surface area contributed by atoms with E-state index in [1.807, 2.05) is 49.5 Å². The molecule has 1 unspecified atom stereocenters. The molecule has 0 spiro atoms. The van der Waals surface area contributed by atoms with Crippen molar-refractivity contribution >= 4 is 33.5 Å². The number of hydrogen-bond acceptors (Lipinski definition) is 3. The van der Waals surface area contributed by atoms with Gasteiger partial charge < -0.3 is 10.2 Å². The van der Waals surface area contributed by atoms with Gasteiger partial charge in [-0.25, -0.2) is 0 Å². The lowest BCUT2D eigenvalue weighted by Crippen LogP contribution is -2.44. The molecule has 3 aromatic carbocycles. The molecule has 1 fully saturated rings. The Labute approximate surface area is 199 Å². The molecule has 4 aromatic rings. The van der Waals surface area contributed by atoms with E-state index in [0.29, 0.717) is 25.8 Å². The van der Waals surface area contributed by atoms with Gasteiger partial charge in [0.05, 0.1) is 5.52 Å². The van der Waals surface area contributed by atoms with Crippen molar-refractivity contribution in [2.24, 2.45) is 0 Å². The molecule has 1 aliphatic heterocycles. The van der Waals surface area contributed by atoms with Crippen molar-refractivity contribution in [1.29, 1.82) is 0 Å². The molecule has 1 aromatic heterocycles. The van der Waals surface area contributed by atoms with Crippen LogP contribution in [0.4, 0.5) is 0 Å². The molecule has 1 N–H and O–H groups in total. The van der Waals surface area contributed by atoms with E-state index >= 15 is 0 Å². The summed E-state index contributed by atoms with van der Waals surface area (Å²) in [7, 11) is 1.85. The van der Waals surface area contributed by atoms with Gasteiger partial charge >= 0.3 is 0 Å². The number of rotatable bonds is 7. The SMILES string of the molecule is CN(Cc1cccc2ncccc12)C(=O)CCC1(Cc2cccc3ccccc23)CCC(=O)N1. The van der Waals surface area contributed by atoms with Crippen LogP contribution < -0.4 is 5.32 Å². The number of fused-ring (bicyclic) bond motifs is 2. The van der Waals surface area contributed by atoms with Crippen LogP contribution in [0.15, 0.2) is 79.0 Å². The maximum Gasteiger partial charge on any atom is 0.222 e. The number of amides is 2. The molecule has 1 atom stereocenters. The summed E-state index contributed by atoms with van der Waals surface area (Å²) in [6.45, 7) is 0.532. The van der Waals surface area contributed by atoms with Crippen molar-refractivity contribution in [2.45, 2.75) is 44.2 Å². The fraction of sp³-hybridized carbons (Fsp3) is 0.276. The van der Waals surface area contributed by atoms with E-state index in [1.165, 1.54) is 16.3 Å². The molecule has 0 aliphatic carbocycles. The summed E-state index contributed by atoms with van der Waals surface area (Å²) in [6, 6.07) is 24.6. The molecule has 2 heterocycles. The third-order valence-corrected chi connectivity index (χ3v) is 7.03. The predicted octanol–water partition coefficient (Wildman–Crippen LogP) is 5.02. The van der Waals surface area contributed by atoms with E-state index < -0.39 is 0 Å². The van der Waals surface area contributed by atoms with Gasteiger partial charge in [0, 0.05) is 43.6 Å². The van der Waals surface area contributed by atoms with Gasteiger partial charge in [0.25, 0.3) is 0 Å². The van der Waals surface area contributed by atoms with Gasteiger partial charge in [-0.3, -0.25) is 14.6 Å². The first-order valence-corrected chi connectivity index (χ1v) is 11.9. The molecule has 5 heteroatoms. The van der Waals surface area contributed by atoms with Crippen molar-refractivity contribution in [3.05, 3.63) is 90.1 Å². The molecule has 5 rings (SSSR count). The molecule has 2 amide bonds. The van der Waals surface area contributed by atoms with E-state index in [-0.39, 0.29) is 17.4 Å². The zero-order valence-corrected chi connectivity index (χ0v) is 19.5. The highest BCUT2D eigenvalue weighted by Gasteiger charge is 2.38. The fourth-order valence-corrected chi connectivity index (χ4v) is 5.18. The molecular formula is C29H29N3O2. The number of hydrogen-bond donors (Lipinski definition) is 1. The molecule has 0 bridgehead atoms. The average molecular weight is 452 g/mol. The molecule has 0 radical (unpaired) electrons. The average Bonchev–Trinajstić information content (AvgIpc) is 3.23. The van der Waals surface area contributed by atoms with Crippen LogP contribution in [-0.2, 0) is 22.6 Å². The van der Waals surface area contributed by atoms with Crippen LogP contribution in [0.2, 0.25) is 0 Å². The quantitative estimate of drug-likeness (QED) is 0.429. The number of nitrogens with one attached hydrogen (secondary N) is 1. The van der Waals surface area contributed by atoms with Crippen molar-refractivity contribution in [2.75, 3.05) is 7.05 Å². The largest absolute Gasteiger partial charge is 0.350 e. The third-order valence-electron chi connectivity index (χ3n) is 7.03. The van der Waals surface area contributed by atoms with E-state index in [9.17, 15) is 9.59 Å². The van der Waals surface area contributed by atoms with Crippen LogP contribution in [0, 0.1) is 0 Å². The summed E-state index contributed by atoms with van der Waals surface area (Å²) >= 11 is 0. The lowest BCUT2D eigenvalue weighted by atomic mass is 9.83. The first kappa shape index (κ1) is 22.1. The second kappa shape index (κ2) is 9.26. The van der Waals surface area contributed by atoms with E-state index in [1.54, 1.807) is 11.1 Å². The fourth-order valence-electron chi connectivity index (χ4n) is 5.18. The van der Waals surface area contributed by atoms with Crippen LogP contribution in [0.3, 0.4) is 0 Å². The number of aromatic nitrogens is 1. The number of pyridine rings is 1. The van der Waals surface area contributed by atoms with Crippen molar-refractivity contribution in [3.63, 3.8) is 0 Å². The van der Waals surface area contributed by atoms with Gasteiger partial charge in [-0.1, -0.05) is 60.7 Å². The first-order valence-electron chi connectivity index (χ1n) is 11.9. The molecule has 5 nitrogen and oxygen atoms in total. The Morgan fingerprint density at radius 3 is 2.59 bits per heavy atom. The van der Waals surface area contributed by atoms with Crippen LogP contribution in [0.5, 0.6) is 0 Å². The Bertz CT molecular complexity index is 1360. The Hall–Kier alpha value is -3.73. The normalized spacial score (nSPS) is 17.7. The lowest BCUT2D eigenvalue weighted by Gasteiger charge is -2.30. The second-order valence-electron chi connectivity index (χ2n) is 9.38. The number of nitrogens with zero attached hydrogens (tertiary/aromatic N) is 2. The maximum atomic E-state index is 13.1. The van der Waals surface area contributed by atoms with Crippen molar-refractivity contribution in [3.8, 4) is 0 Å². The van der Waals surface area contributed by atoms with Gasteiger partial charge in [-0.15, -0.1) is 0 Å².